The van der Waals surface area contributed by atoms with Crippen LogP contribution in [0.2, 0.25) is 0 Å². The van der Waals surface area contributed by atoms with E-state index >= 15 is 0 Å². The van der Waals surface area contributed by atoms with E-state index in [0.29, 0.717) is 6.42 Å². The lowest BCUT2D eigenvalue weighted by molar-refractivity contribution is -0.133. The Morgan fingerprint density at radius 1 is 1.44 bits per heavy atom. The molecule has 0 saturated carbocycles. The Hall–Kier alpha value is -2.33. The lowest BCUT2D eigenvalue weighted by atomic mass is 10.0. The summed E-state index contributed by atoms with van der Waals surface area (Å²) in [5.41, 5.74) is 5.19. The van der Waals surface area contributed by atoms with Crippen molar-refractivity contribution in [2.45, 2.75) is 36.7 Å². The molecule has 1 radical (unpaired) electrons. The molecule has 0 spiro atoms. The summed E-state index contributed by atoms with van der Waals surface area (Å²) in [6.45, 7) is 1.62. The molecule has 2 aliphatic rings. The van der Waals surface area contributed by atoms with Gasteiger partial charge in [-0.1, -0.05) is 6.92 Å². The van der Waals surface area contributed by atoms with Crippen LogP contribution in [0.3, 0.4) is 0 Å². The molecule has 2 fully saturated rings. The van der Waals surface area contributed by atoms with Crippen LogP contribution in [0, 0.1) is 12.3 Å². The first-order chi connectivity index (χ1) is 12.7. The highest BCUT2D eigenvalue weighted by atomic mass is 32.2. The number of hydrogen-bond acceptors (Lipinski definition) is 6. The zero-order valence-corrected chi connectivity index (χ0v) is 15.6. The number of sulfonamides is 1. The minimum absolute atomic E-state index is 0.0186. The molecule has 3 heterocycles. The molecule has 27 heavy (non-hydrogen) atoms. The molecule has 3 unspecified atom stereocenters. The van der Waals surface area contributed by atoms with Crippen molar-refractivity contribution in [2.75, 3.05) is 13.1 Å². The molecule has 0 aromatic carbocycles. The fourth-order valence-electron chi connectivity index (χ4n) is 3.49. The Labute approximate surface area is 157 Å². The van der Waals surface area contributed by atoms with Crippen molar-refractivity contribution in [1.82, 2.24) is 14.2 Å². The number of carbonyl (C=O) groups excluding carboxylic acids is 3. The maximum absolute atomic E-state index is 12.9. The van der Waals surface area contributed by atoms with Crippen molar-refractivity contribution in [1.29, 1.82) is 0 Å². The van der Waals surface area contributed by atoms with E-state index in [1.54, 1.807) is 6.92 Å². The topological polar surface area (TPSA) is 131 Å². The van der Waals surface area contributed by atoms with Gasteiger partial charge in [0.2, 0.25) is 21.8 Å². The van der Waals surface area contributed by atoms with Gasteiger partial charge in [-0.05, 0) is 25.0 Å². The highest BCUT2D eigenvalue weighted by Gasteiger charge is 2.53. The molecular formula is C17H21N4O5S. The third-order valence-electron chi connectivity index (χ3n) is 5.03. The van der Waals surface area contributed by atoms with Crippen LogP contribution in [0.15, 0.2) is 29.4 Å². The number of carbonyl (C=O) groups is 3. The van der Waals surface area contributed by atoms with Crippen LogP contribution in [0.4, 0.5) is 0 Å². The molecule has 10 heteroatoms. The van der Waals surface area contributed by atoms with Gasteiger partial charge in [0, 0.05) is 24.9 Å². The van der Waals surface area contributed by atoms with Gasteiger partial charge in [-0.25, -0.2) is 8.42 Å². The molecule has 1 aromatic rings. The summed E-state index contributed by atoms with van der Waals surface area (Å²) in [6.07, 6.45) is 4.60. The van der Waals surface area contributed by atoms with E-state index in [0.717, 1.165) is 4.31 Å². The number of primary amides is 1. The van der Waals surface area contributed by atoms with Crippen molar-refractivity contribution in [3.63, 3.8) is 0 Å². The number of Topliss-reactive ketones (excluding diaryl/α,β-unsaturated/α-hetero) is 1. The van der Waals surface area contributed by atoms with Crippen molar-refractivity contribution in [3.8, 4) is 0 Å². The number of rotatable bonds is 6. The van der Waals surface area contributed by atoms with E-state index in [4.69, 9.17) is 5.73 Å². The summed E-state index contributed by atoms with van der Waals surface area (Å²) in [7, 11) is -3.87. The number of amides is 2. The molecule has 9 nitrogen and oxygen atoms in total. The molecule has 3 rings (SSSR count). The molecule has 0 aliphatic carbocycles. The molecule has 145 valence electrons. The van der Waals surface area contributed by atoms with Crippen LogP contribution in [0.25, 0.3) is 0 Å². The quantitative estimate of drug-likeness (QED) is 0.683. The number of pyridine rings is 1. The van der Waals surface area contributed by atoms with Gasteiger partial charge in [-0.2, -0.15) is 4.31 Å². The predicted molar refractivity (Wildman–Crippen MR) is 94.3 cm³/mol. The van der Waals surface area contributed by atoms with Crippen LogP contribution < -0.4 is 5.73 Å². The fourth-order valence-corrected chi connectivity index (χ4v) is 5.08. The van der Waals surface area contributed by atoms with E-state index in [1.807, 2.05) is 0 Å². The summed E-state index contributed by atoms with van der Waals surface area (Å²) in [5, 5.41) is 0. The van der Waals surface area contributed by atoms with Gasteiger partial charge < -0.3 is 10.6 Å². The molecule has 2 aliphatic heterocycles. The third kappa shape index (κ3) is 3.59. The number of ketones is 1. The standard InChI is InChI=1S/C17H21N4O5S/c1-11(17(18)24)4-5-15(23)20-8-6-13-16(20)14(22)10-21(13)27(25,26)12-3-2-7-19-9-12/h2-3,5,7,9,11,13,16H,4,6,8,10H2,1H3,(H2,18,24). The molecule has 1 aromatic heterocycles. The molecule has 2 amide bonds. The lowest BCUT2D eigenvalue weighted by Crippen LogP contribution is -2.43. The lowest BCUT2D eigenvalue weighted by Gasteiger charge is -2.24. The summed E-state index contributed by atoms with van der Waals surface area (Å²) >= 11 is 0. The molecule has 2 N–H and O–H groups in total. The second-order valence-corrected chi connectivity index (χ2v) is 8.67. The molecule has 2 saturated heterocycles. The van der Waals surface area contributed by atoms with Gasteiger partial charge in [0.1, 0.15) is 10.9 Å². The van der Waals surface area contributed by atoms with Crippen LogP contribution in [0.5, 0.6) is 0 Å². The minimum Gasteiger partial charge on any atom is -0.369 e. The van der Waals surface area contributed by atoms with Gasteiger partial charge >= 0.3 is 0 Å². The van der Waals surface area contributed by atoms with Crippen molar-refractivity contribution < 1.29 is 22.8 Å². The first kappa shape index (κ1) is 19.4. The number of likely N-dealkylation sites (tertiary alicyclic amines) is 1. The van der Waals surface area contributed by atoms with Gasteiger partial charge in [0.25, 0.3) is 0 Å². The Morgan fingerprint density at radius 2 is 2.19 bits per heavy atom. The Kier molecular flexibility index (Phi) is 5.29. The van der Waals surface area contributed by atoms with Gasteiger partial charge in [0.05, 0.1) is 19.0 Å². The zero-order valence-electron chi connectivity index (χ0n) is 14.8. The maximum atomic E-state index is 12.9. The molecule has 0 bridgehead atoms. The van der Waals surface area contributed by atoms with E-state index in [1.165, 1.54) is 35.8 Å². The normalized spacial score (nSPS) is 24.0. The zero-order chi connectivity index (χ0) is 19.8. The summed E-state index contributed by atoms with van der Waals surface area (Å²) in [6, 6.07) is 1.55. The smallest absolute Gasteiger partial charge is 0.245 e. The highest BCUT2D eigenvalue weighted by Crippen LogP contribution is 2.34. The summed E-state index contributed by atoms with van der Waals surface area (Å²) in [4.78, 5) is 41.3. The second kappa shape index (κ2) is 7.35. The van der Waals surface area contributed by atoms with Crippen molar-refractivity contribution >= 4 is 27.6 Å². The van der Waals surface area contributed by atoms with Crippen LogP contribution >= 0.6 is 0 Å². The SMILES string of the molecule is CC(C[CH]C(=O)N1CCC2C1C(=O)CN2S(=O)(=O)c1cccnc1)C(N)=O. The number of aromatic nitrogens is 1. The third-order valence-corrected chi connectivity index (χ3v) is 6.89. The van der Waals surface area contributed by atoms with Crippen molar-refractivity contribution in [3.05, 3.63) is 30.9 Å². The fraction of sp³-hybridized carbons (Fsp3) is 0.471. The average Bonchev–Trinajstić information content (AvgIpc) is 3.21. The van der Waals surface area contributed by atoms with Crippen molar-refractivity contribution in [2.24, 2.45) is 11.7 Å². The van der Waals surface area contributed by atoms with E-state index in [9.17, 15) is 22.8 Å². The first-order valence-corrected chi connectivity index (χ1v) is 10.0. The minimum atomic E-state index is -3.87. The Morgan fingerprint density at radius 3 is 2.81 bits per heavy atom. The second-order valence-electron chi connectivity index (χ2n) is 6.78. The highest BCUT2D eigenvalue weighted by molar-refractivity contribution is 7.89. The van der Waals surface area contributed by atoms with Crippen LogP contribution in [-0.4, -0.2) is 65.4 Å². The van der Waals surface area contributed by atoms with Crippen LogP contribution in [0.1, 0.15) is 19.8 Å². The van der Waals surface area contributed by atoms with E-state index < -0.39 is 33.9 Å². The number of fused-ring (bicyclic) bond motifs is 1. The van der Waals surface area contributed by atoms with Gasteiger partial charge in [-0.3, -0.25) is 19.4 Å². The number of nitrogens with zero attached hydrogens (tertiary/aromatic N) is 3. The first-order valence-electron chi connectivity index (χ1n) is 8.61. The number of nitrogens with two attached hydrogens (primary N) is 1. The van der Waals surface area contributed by atoms with Gasteiger partial charge in [0.15, 0.2) is 5.78 Å². The maximum Gasteiger partial charge on any atom is 0.245 e. The number of hydrogen-bond donors (Lipinski definition) is 1. The molecular weight excluding hydrogens is 372 g/mol. The van der Waals surface area contributed by atoms with Crippen LogP contribution in [-0.2, 0) is 24.4 Å². The predicted octanol–water partition coefficient (Wildman–Crippen LogP) is -0.660. The van der Waals surface area contributed by atoms with E-state index in [2.05, 4.69) is 4.98 Å². The monoisotopic (exact) mass is 393 g/mol. The summed E-state index contributed by atoms with van der Waals surface area (Å²) < 4.78 is 26.9. The average molecular weight is 393 g/mol. The molecule has 3 atom stereocenters. The van der Waals surface area contributed by atoms with E-state index in [-0.39, 0.29) is 36.1 Å². The van der Waals surface area contributed by atoms with Gasteiger partial charge in [-0.15, -0.1) is 0 Å². The Balaban J connectivity index is 1.75. The summed E-state index contributed by atoms with van der Waals surface area (Å²) in [5.74, 6) is -1.70. The Bertz CT molecular complexity index is 857. The largest absolute Gasteiger partial charge is 0.369 e.